The number of H-pyrrole nitrogens is 1. The molecule has 5 rings (SSSR count). The summed E-state index contributed by atoms with van der Waals surface area (Å²) in [6, 6.07) is 4.67. The van der Waals surface area contributed by atoms with Gasteiger partial charge in [0.05, 0.1) is 41.8 Å². The van der Waals surface area contributed by atoms with E-state index in [2.05, 4.69) is 19.9 Å². The van der Waals surface area contributed by atoms with Crippen molar-refractivity contribution in [3.63, 3.8) is 0 Å². The molecule has 0 amide bonds. The van der Waals surface area contributed by atoms with E-state index < -0.39 is 30.1 Å². The fourth-order valence-corrected chi connectivity index (χ4v) is 4.88. The molecule has 1 N–H and O–H groups in total. The number of hydrogen-bond donors (Lipinski definition) is 1. The number of rotatable bonds is 5. The molecule has 0 saturated heterocycles. The molecule has 12 heteroatoms. The Morgan fingerprint density at radius 1 is 1.08 bits per heavy atom. The van der Waals surface area contributed by atoms with Crippen LogP contribution in [0.25, 0.3) is 22.2 Å². The standard InChI is InChI=1S/C25H23F6N5O/c1-14-8-18(37-17-4-2-15(3-5-17)24(26,27)28)9-20(35-14)19-12-36(11-16-10-32-13-34-16)21-6-7-33-23(22(19)21)25(29,30)31/h6-10,12-13,15,17H,2-5,11H2,1H3,(H,32,34). The minimum atomic E-state index is -4.70. The van der Waals surface area contributed by atoms with Crippen molar-refractivity contribution >= 4 is 10.9 Å². The van der Waals surface area contributed by atoms with Gasteiger partial charge in [-0.2, -0.15) is 26.3 Å². The largest absolute Gasteiger partial charge is 0.490 e. The first-order chi connectivity index (χ1) is 17.5. The molecule has 0 atom stereocenters. The van der Waals surface area contributed by atoms with Crippen molar-refractivity contribution in [2.24, 2.45) is 5.92 Å². The molecule has 37 heavy (non-hydrogen) atoms. The van der Waals surface area contributed by atoms with E-state index in [0.29, 0.717) is 22.7 Å². The van der Waals surface area contributed by atoms with Gasteiger partial charge in [-0.15, -0.1) is 0 Å². The molecule has 0 bridgehead atoms. The number of aromatic nitrogens is 5. The van der Waals surface area contributed by atoms with Crippen LogP contribution in [0.2, 0.25) is 0 Å². The summed E-state index contributed by atoms with van der Waals surface area (Å²) >= 11 is 0. The molecule has 0 radical (unpaired) electrons. The highest BCUT2D eigenvalue weighted by Crippen LogP contribution is 2.41. The Labute approximate surface area is 207 Å². The van der Waals surface area contributed by atoms with E-state index in [4.69, 9.17) is 4.74 Å². The van der Waals surface area contributed by atoms with Crippen LogP contribution in [0.3, 0.4) is 0 Å². The first-order valence-electron chi connectivity index (χ1n) is 11.7. The Kier molecular flexibility index (Phi) is 6.36. The van der Waals surface area contributed by atoms with Gasteiger partial charge in [-0.25, -0.2) is 4.98 Å². The van der Waals surface area contributed by atoms with Crippen molar-refractivity contribution in [2.45, 2.75) is 57.6 Å². The van der Waals surface area contributed by atoms with Gasteiger partial charge in [0, 0.05) is 47.4 Å². The van der Waals surface area contributed by atoms with Crippen molar-refractivity contribution < 1.29 is 31.1 Å². The summed E-state index contributed by atoms with van der Waals surface area (Å²) in [4.78, 5) is 15.0. The van der Waals surface area contributed by atoms with Gasteiger partial charge >= 0.3 is 12.4 Å². The summed E-state index contributed by atoms with van der Waals surface area (Å²) in [6.07, 6.45) is -3.12. The number of halogens is 6. The number of hydrogen-bond acceptors (Lipinski definition) is 4. The summed E-state index contributed by atoms with van der Waals surface area (Å²) in [6.45, 7) is 1.93. The topological polar surface area (TPSA) is 68.6 Å². The van der Waals surface area contributed by atoms with Crippen LogP contribution in [0.4, 0.5) is 26.3 Å². The number of imidazole rings is 1. The lowest BCUT2D eigenvalue weighted by atomic mass is 9.87. The maximum atomic E-state index is 14.0. The first-order valence-corrected chi connectivity index (χ1v) is 11.7. The second-order valence-corrected chi connectivity index (χ2v) is 9.26. The quantitative estimate of drug-likeness (QED) is 0.296. The second kappa shape index (κ2) is 9.38. The third-order valence-corrected chi connectivity index (χ3v) is 6.60. The fraction of sp³-hybridized carbons (Fsp3) is 0.400. The van der Waals surface area contributed by atoms with Crippen LogP contribution in [-0.4, -0.2) is 36.8 Å². The normalized spacial score (nSPS) is 18.9. The van der Waals surface area contributed by atoms with Crippen molar-refractivity contribution in [3.05, 3.63) is 60.2 Å². The number of aryl methyl sites for hydroxylation is 1. The van der Waals surface area contributed by atoms with E-state index in [1.807, 2.05) is 0 Å². The molecule has 0 aromatic carbocycles. The SMILES string of the molecule is Cc1cc(OC2CCC(C(F)(F)F)CC2)cc(-c2cn(Cc3cnc[nH]3)c3ccnc(C(F)(F)F)c23)n1. The van der Waals surface area contributed by atoms with Gasteiger partial charge in [0.2, 0.25) is 0 Å². The lowest BCUT2D eigenvalue weighted by Gasteiger charge is -2.30. The van der Waals surface area contributed by atoms with Crippen molar-refractivity contribution in [3.8, 4) is 17.0 Å². The maximum absolute atomic E-state index is 14.0. The highest BCUT2D eigenvalue weighted by atomic mass is 19.4. The fourth-order valence-electron chi connectivity index (χ4n) is 4.88. The van der Waals surface area contributed by atoms with Crippen LogP contribution in [0.1, 0.15) is 42.8 Å². The maximum Gasteiger partial charge on any atom is 0.434 e. The van der Waals surface area contributed by atoms with Gasteiger partial charge in [-0.3, -0.25) is 9.97 Å². The lowest BCUT2D eigenvalue weighted by Crippen LogP contribution is -2.31. The minimum absolute atomic E-state index is 0.0210. The van der Waals surface area contributed by atoms with E-state index in [1.54, 1.807) is 30.0 Å². The molecule has 1 saturated carbocycles. The van der Waals surface area contributed by atoms with Crippen LogP contribution in [0.15, 0.2) is 43.1 Å². The summed E-state index contributed by atoms with van der Waals surface area (Å²) < 4.78 is 88.6. The van der Waals surface area contributed by atoms with E-state index in [9.17, 15) is 26.3 Å². The average Bonchev–Trinajstić information content (AvgIpc) is 3.46. The Morgan fingerprint density at radius 3 is 2.49 bits per heavy atom. The summed E-state index contributed by atoms with van der Waals surface area (Å²) in [5, 5.41) is -0.0933. The second-order valence-electron chi connectivity index (χ2n) is 9.26. The monoisotopic (exact) mass is 523 g/mol. The number of nitrogens with zero attached hydrogens (tertiary/aromatic N) is 4. The average molecular weight is 523 g/mol. The predicted molar refractivity (Wildman–Crippen MR) is 123 cm³/mol. The molecular weight excluding hydrogens is 500 g/mol. The molecule has 6 nitrogen and oxygen atoms in total. The molecule has 1 aliphatic rings. The Hall–Kier alpha value is -3.57. The molecule has 4 aromatic heterocycles. The zero-order valence-electron chi connectivity index (χ0n) is 19.7. The number of alkyl halides is 6. The number of ether oxygens (including phenoxy) is 1. The zero-order valence-corrected chi connectivity index (χ0v) is 19.7. The number of pyridine rings is 2. The lowest BCUT2D eigenvalue weighted by molar-refractivity contribution is -0.185. The van der Waals surface area contributed by atoms with Crippen LogP contribution >= 0.6 is 0 Å². The third-order valence-electron chi connectivity index (χ3n) is 6.60. The summed E-state index contributed by atoms with van der Waals surface area (Å²) in [7, 11) is 0. The van der Waals surface area contributed by atoms with Crippen LogP contribution < -0.4 is 4.74 Å². The van der Waals surface area contributed by atoms with Gasteiger partial charge in [-0.1, -0.05) is 0 Å². The Morgan fingerprint density at radius 2 is 1.84 bits per heavy atom. The predicted octanol–water partition coefficient (Wildman–Crippen LogP) is 6.70. The smallest absolute Gasteiger partial charge is 0.434 e. The van der Waals surface area contributed by atoms with Gasteiger partial charge in [0.25, 0.3) is 0 Å². The molecule has 0 spiro atoms. The van der Waals surface area contributed by atoms with Crippen molar-refractivity contribution in [2.75, 3.05) is 0 Å². The minimum Gasteiger partial charge on any atom is -0.490 e. The van der Waals surface area contributed by atoms with E-state index >= 15 is 0 Å². The molecular formula is C25H23F6N5O. The highest BCUT2D eigenvalue weighted by molar-refractivity contribution is 5.97. The zero-order chi connectivity index (χ0) is 26.4. The summed E-state index contributed by atoms with van der Waals surface area (Å²) in [5.41, 5.74) is 0.978. The van der Waals surface area contributed by atoms with Crippen molar-refractivity contribution in [1.29, 1.82) is 0 Å². The third kappa shape index (κ3) is 5.28. The number of fused-ring (bicyclic) bond motifs is 1. The highest BCUT2D eigenvalue weighted by Gasteiger charge is 2.42. The molecule has 1 fully saturated rings. The van der Waals surface area contributed by atoms with Gasteiger partial charge in [-0.05, 0) is 38.7 Å². The van der Waals surface area contributed by atoms with Gasteiger partial charge in [0.15, 0.2) is 5.69 Å². The van der Waals surface area contributed by atoms with Crippen LogP contribution in [0.5, 0.6) is 5.75 Å². The number of nitrogens with one attached hydrogen (secondary N) is 1. The first kappa shape index (κ1) is 25.1. The molecule has 0 unspecified atom stereocenters. The number of aromatic amines is 1. The van der Waals surface area contributed by atoms with Crippen LogP contribution in [0, 0.1) is 12.8 Å². The molecule has 0 aliphatic heterocycles. The molecule has 196 valence electrons. The Bertz CT molecular complexity index is 1390. The molecule has 4 heterocycles. The van der Waals surface area contributed by atoms with E-state index in [0.717, 1.165) is 6.20 Å². The van der Waals surface area contributed by atoms with E-state index in [-0.39, 0.29) is 48.9 Å². The van der Waals surface area contributed by atoms with Gasteiger partial charge < -0.3 is 14.3 Å². The van der Waals surface area contributed by atoms with Crippen LogP contribution in [-0.2, 0) is 12.7 Å². The van der Waals surface area contributed by atoms with E-state index in [1.165, 1.54) is 18.5 Å². The van der Waals surface area contributed by atoms with Crippen molar-refractivity contribution in [1.82, 2.24) is 24.5 Å². The molecule has 1 aliphatic carbocycles. The summed E-state index contributed by atoms with van der Waals surface area (Å²) in [5.74, 6) is -0.985. The molecule has 4 aromatic rings. The Balaban J connectivity index is 1.52. The van der Waals surface area contributed by atoms with Gasteiger partial charge in [0.1, 0.15) is 5.75 Å².